The van der Waals surface area contributed by atoms with Crippen molar-refractivity contribution < 1.29 is 22.6 Å². The van der Waals surface area contributed by atoms with Crippen LogP contribution < -0.4 is 14.8 Å². The maximum Gasteiger partial charge on any atom is 0.573 e. The van der Waals surface area contributed by atoms with Crippen molar-refractivity contribution in [3.05, 3.63) is 58.1 Å². The van der Waals surface area contributed by atoms with Crippen LogP contribution in [-0.4, -0.2) is 19.5 Å². The lowest BCUT2D eigenvalue weighted by Crippen LogP contribution is -2.46. The lowest BCUT2D eigenvalue weighted by Gasteiger charge is -2.35. The fourth-order valence-corrected chi connectivity index (χ4v) is 2.82. The molecule has 0 radical (unpaired) electrons. The van der Waals surface area contributed by atoms with E-state index in [4.69, 9.17) is 27.9 Å². The molecule has 0 unspecified atom stereocenters. The molecule has 25 heavy (non-hydrogen) atoms. The number of halogens is 5. The second-order valence-corrected chi connectivity index (χ2v) is 6.46. The van der Waals surface area contributed by atoms with Gasteiger partial charge in [-0.15, -0.1) is 13.2 Å². The molecule has 0 bridgehead atoms. The normalized spacial score (nSPS) is 16.2. The summed E-state index contributed by atoms with van der Waals surface area (Å²) < 4.78 is 46.5. The van der Waals surface area contributed by atoms with E-state index < -0.39 is 6.36 Å². The first-order chi connectivity index (χ1) is 11.8. The van der Waals surface area contributed by atoms with E-state index in [9.17, 15) is 13.2 Å². The molecule has 1 aliphatic heterocycles. The molecule has 1 fully saturated rings. The number of alkyl halides is 3. The topological polar surface area (TPSA) is 30.5 Å². The van der Waals surface area contributed by atoms with Crippen molar-refractivity contribution >= 4 is 23.2 Å². The highest BCUT2D eigenvalue weighted by molar-refractivity contribution is 6.42. The Morgan fingerprint density at radius 2 is 1.60 bits per heavy atom. The van der Waals surface area contributed by atoms with Crippen molar-refractivity contribution in [2.24, 2.45) is 5.92 Å². The van der Waals surface area contributed by atoms with Crippen LogP contribution in [0.15, 0.2) is 42.5 Å². The molecule has 1 atom stereocenters. The summed E-state index contributed by atoms with van der Waals surface area (Å²) in [5.41, 5.74) is 0.858. The number of ether oxygens (including phenoxy) is 2. The van der Waals surface area contributed by atoms with Crippen LogP contribution >= 0.6 is 23.2 Å². The lowest BCUT2D eigenvalue weighted by atomic mass is 9.91. The summed E-state index contributed by atoms with van der Waals surface area (Å²) in [5.74, 6) is 0.372. The van der Waals surface area contributed by atoms with E-state index in [0.717, 1.165) is 18.7 Å². The fourth-order valence-electron chi connectivity index (χ4n) is 2.52. The molecule has 0 amide bonds. The Bertz CT molecular complexity index is 734. The SMILES string of the molecule is FC(F)(F)Oc1ccc(O[C@@H](c2ccc(Cl)c(Cl)c2)C2CNC2)cc1. The van der Waals surface area contributed by atoms with Crippen LogP contribution in [0.3, 0.4) is 0 Å². The molecule has 3 nitrogen and oxygen atoms in total. The van der Waals surface area contributed by atoms with Gasteiger partial charge in [0.15, 0.2) is 0 Å². The number of hydrogen-bond donors (Lipinski definition) is 1. The highest BCUT2D eigenvalue weighted by Gasteiger charge is 2.32. The minimum Gasteiger partial charge on any atom is -0.485 e. The molecule has 8 heteroatoms. The third-order valence-electron chi connectivity index (χ3n) is 3.83. The number of rotatable bonds is 5. The minimum absolute atomic E-state index is 0.225. The van der Waals surface area contributed by atoms with Gasteiger partial charge in [-0.2, -0.15) is 0 Å². The van der Waals surface area contributed by atoms with Crippen molar-refractivity contribution in [3.63, 3.8) is 0 Å². The Kier molecular flexibility index (Phi) is 5.32. The van der Waals surface area contributed by atoms with Gasteiger partial charge < -0.3 is 14.8 Å². The Hall–Kier alpha value is -1.63. The van der Waals surface area contributed by atoms with Gasteiger partial charge in [-0.1, -0.05) is 29.3 Å². The van der Waals surface area contributed by atoms with E-state index in [1.807, 2.05) is 6.07 Å². The average molecular weight is 392 g/mol. The molecular weight excluding hydrogens is 378 g/mol. The smallest absolute Gasteiger partial charge is 0.485 e. The molecule has 0 saturated carbocycles. The van der Waals surface area contributed by atoms with Crippen LogP contribution in [-0.2, 0) is 0 Å². The number of hydrogen-bond acceptors (Lipinski definition) is 3. The summed E-state index contributed by atoms with van der Waals surface area (Å²) in [6.07, 6.45) is -5.01. The number of benzene rings is 2. The highest BCUT2D eigenvalue weighted by Crippen LogP contribution is 2.35. The molecular formula is C17H14Cl2F3NO2. The molecule has 0 aliphatic carbocycles. The summed E-state index contributed by atoms with van der Waals surface area (Å²) in [4.78, 5) is 0. The van der Waals surface area contributed by atoms with Crippen LogP contribution in [0.2, 0.25) is 10.0 Å². The van der Waals surface area contributed by atoms with Crippen molar-refractivity contribution in [3.8, 4) is 11.5 Å². The van der Waals surface area contributed by atoms with E-state index in [-0.39, 0.29) is 17.8 Å². The van der Waals surface area contributed by atoms with E-state index >= 15 is 0 Å². The van der Waals surface area contributed by atoms with Gasteiger partial charge in [0.25, 0.3) is 0 Å². The summed E-state index contributed by atoms with van der Waals surface area (Å²) in [7, 11) is 0. The summed E-state index contributed by atoms with van der Waals surface area (Å²) in [5, 5.41) is 4.05. The van der Waals surface area contributed by atoms with Gasteiger partial charge in [0.05, 0.1) is 10.0 Å². The van der Waals surface area contributed by atoms with Crippen LogP contribution in [0.4, 0.5) is 13.2 Å². The second-order valence-electron chi connectivity index (χ2n) is 5.65. The van der Waals surface area contributed by atoms with Crippen molar-refractivity contribution in [2.75, 3.05) is 13.1 Å². The van der Waals surface area contributed by atoms with E-state index in [1.54, 1.807) is 12.1 Å². The molecule has 1 aliphatic rings. The van der Waals surface area contributed by atoms with Gasteiger partial charge in [-0.25, -0.2) is 0 Å². The summed E-state index contributed by atoms with van der Waals surface area (Å²) in [6.45, 7) is 1.56. The van der Waals surface area contributed by atoms with Crippen molar-refractivity contribution in [1.29, 1.82) is 0 Å². The van der Waals surface area contributed by atoms with Crippen LogP contribution in [0.25, 0.3) is 0 Å². The Labute approximate surface area is 152 Å². The minimum atomic E-state index is -4.72. The first-order valence-electron chi connectivity index (χ1n) is 7.50. The molecule has 0 aromatic heterocycles. The predicted molar refractivity (Wildman–Crippen MR) is 89.3 cm³/mol. The third kappa shape index (κ3) is 4.71. The fraction of sp³-hybridized carbons (Fsp3) is 0.294. The molecule has 134 valence electrons. The van der Waals surface area contributed by atoms with E-state index in [2.05, 4.69) is 10.1 Å². The largest absolute Gasteiger partial charge is 0.573 e. The van der Waals surface area contributed by atoms with E-state index in [1.165, 1.54) is 24.3 Å². The quantitative estimate of drug-likeness (QED) is 0.756. The zero-order valence-corrected chi connectivity index (χ0v) is 14.3. The van der Waals surface area contributed by atoms with Gasteiger partial charge in [-0.3, -0.25) is 0 Å². The molecule has 0 spiro atoms. The van der Waals surface area contributed by atoms with Crippen molar-refractivity contribution in [2.45, 2.75) is 12.5 Å². The van der Waals surface area contributed by atoms with Crippen molar-refractivity contribution in [1.82, 2.24) is 5.32 Å². The monoisotopic (exact) mass is 391 g/mol. The number of nitrogens with one attached hydrogen (secondary N) is 1. The average Bonchev–Trinajstić information content (AvgIpc) is 2.48. The second kappa shape index (κ2) is 7.32. The van der Waals surface area contributed by atoms with Gasteiger partial charge in [-0.05, 0) is 42.0 Å². The van der Waals surface area contributed by atoms with Crippen LogP contribution in [0.1, 0.15) is 11.7 Å². The Balaban J connectivity index is 1.77. The molecule has 1 heterocycles. The standard InChI is InChI=1S/C17H14Cl2F3NO2/c18-14-6-1-10(7-15(14)19)16(11-8-23-9-11)24-12-2-4-13(5-3-12)25-17(20,21)22/h1-7,11,16,23H,8-9H2/t16-/m0/s1. The molecule has 3 rings (SSSR count). The van der Waals surface area contributed by atoms with Crippen LogP contribution in [0, 0.1) is 5.92 Å². The summed E-state index contributed by atoms with van der Waals surface area (Å²) in [6, 6.07) is 10.6. The van der Waals surface area contributed by atoms with Gasteiger partial charge in [0, 0.05) is 19.0 Å². The zero-order chi connectivity index (χ0) is 18.0. The van der Waals surface area contributed by atoms with Gasteiger partial charge in [0.1, 0.15) is 17.6 Å². The van der Waals surface area contributed by atoms with Gasteiger partial charge in [0.2, 0.25) is 0 Å². The first-order valence-corrected chi connectivity index (χ1v) is 8.25. The lowest BCUT2D eigenvalue weighted by molar-refractivity contribution is -0.274. The Morgan fingerprint density at radius 1 is 0.960 bits per heavy atom. The highest BCUT2D eigenvalue weighted by atomic mass is 35.5. The Morgan fingerprint density at radius 3 is 2.12 bits per heavy atom. The molecule has 2 aromatic rings. The zero-order valence-electron chi connectivity index (χ0n) is 12.8. The van der Waals surface area contributed by atoms with Gasteiger partial charge >= 0.3 is 6.36 Å². The summed E-state index contributed by atoms with van der Waals surface area (Å²) >= 11 is 12.0. The van der Waals surface area contributed by atoms with Crippen LogP contribution in [0.5, 0.6) is 11.5 Å². The third-order valence-corrected chi connectivity index (χ3v) is 4.57. The predicted octanol–water partition coefficient (Wildman–Crippen LogP) is 5.23. The van der Waals surface area contributed by atoms with E-state index in [0.29, 0.717) is 15.8 Å². The molecule has 1 saturated heterocycles. The molecule has 2 aromatic carbocycles. The maximum atomic E-state index is 12.2. The maximum absolute atomic E-state index is 12.2. The molecule has 1 N–H and O–H groups in total. The first kappa shape index (κ1) is 18.2.